The highest BCUT2D eigenvalue weighted by molar-refractivity contribution is 7.25. The first kappa shape index (κ1) is 26.3. The number of anilines is 2. The van der Waals surface area contributed by atoms with Crippen LogP contribution in [0.5, 0.6) is 0 Å². The molecule has 0 bridgehead atoms. The number of hydrogen-bond donors (Lipinski definition) is 0. The predicted octanol–water partition coefficient (Wildman–Crippen LogP) is 12.8. The summed E-state index contributed by atoms with van der Waals surface area (Å²) in [7, 11) is 0. The number of thiophene rings is 2. The van der Waals surface area contributed by atoms with Gasteiger partial charge in [-0.05, 0) is 82.3 Å². The minimum absolute atomic E-state index is 0.172. The molecule has 0 saturated carbocycles. The molecule has 0 spiro atoms. The van der Waals surface area contributed by atoms with Crippen LogP contribution in [-0.4, -0.2) is 6.17 Å². The minimum Gasteiger partial charge on any atom is -0.660 e. The summed E-state index contributed by atoms with van der Waals surface area (Å²) < 4.78 is 3.89. The largest absolute Gasteiger partial charge is 0.660 e. The van der Waals surface area contributed by atoms with Crippen molar-refractivity contribution in [3.63, 3.8) is 0 Å². The van der Waals surface area contributed by atoms with Gasteiger partial charge in [0.25, 0.3) is 0 Å². The van der Waals surface area contributed by atoms with E-state index in [0.717, 1.165) is 17.1 Å². The zero-order chi connectivity index (χ0) is 29.7. The molecule has 6 aromatic carbocycles. The molecule has 0 saturated heterocycles. The van der Waals surface area contributed by atoms with Crippen molar-refractivity contribution in [3.05, 3.63) is 162 Å². The van der Waals surface area contributed by atoms with E-state index in [-0.39, 0.29) is 6.17 Å². The summed E-state index contributed by atoms with van der Waals surface area (Å²) in [6, 6.07) is 52.5. The van der Waals surface area contributed by atoms with Crippen LogP contribution in [0.15, 0.2) is 152 Å². The third kappa shape index (κ3) is 4.62. The number of nitrogens with zero attached hydrogens (tertiary/aromatic N) is 2. The van der Waals surface area contributed by atoms with E-state index in [1.165, 1.54) is 57.4 Å². The Labute approximate surface area is 270 Å². The Morgan fingerprint density at radius 2 is 1.02 bits per heavy atom. The predicted molar refractivity (Wildman–Crippen MR) is 196 cm³/mol. The zero-order valence-corrected chi connectivity index (χ0v) is 25.9. The first-order valence-electron chi connectivity index (χ1n) is 15.2. The van der Waals surface area contributed by atoms with Crippen molar-refractivity contribution < 1.29 is 0 Å². The van der Waals surface area contributed by atoms with Crippen molar-refractivity contribution in [2.24, 2.45) is 0 Å². The summed E-state index contributed by atoms with van der Waals surface area (Å²) in [5, 5.41) is 9.20. The van der Waals surface area contributed by atoms with Gasteiger partial charge < -0.3 is 10.2 Å². The van der Waals surface area contributed by atoms with Crippen LogP contribution in [0.3, 0.4) is 0 Å². The molecular formula is C41H27N2S2-. The van der Waals surface area contributed by atoms with Gasteiger partial charge in [-0.15, -0.1) is 28.4 Å². The van der Waals surface area contributed by atoms with Crippen LogP contribution in [0.25, 0.3) is 63.9 Å². The van der Waals surface area contributed by atoms with Crippen LogP contribution in [0, 0.1) is 0 Å². The number of fused-ring (bicyclic) bond motifs is 6. The minimum atomic E-state index is -0.172. The molecule has 0 radical (unpaired) electrons. The maximum Gasteiger partial charge on any atom is 0.0409 e. The monoisotopic (exact) mass is 611 g/mol. The van der Waals surface area contributed by atoms with Gasteiger partial charge in [-0.3, -0.25) is 0 Å². The maximum atomic E-state index is 5.39. The van der Waals surface area contributed by atoms with Gasteiger partial charge in [-0.1, -0.05) is 109 Å². The van der Waals surface area contributed by atoms with Crippen molar-refractivity contribution >= 4 is 76.1 Å². The van der Waals surface area contributed by atoms with E-state index >= 15 is 0 Å². The molecule has 4 heteroatoms. The van der Waals surface area contributed by atoms with E-state index in [9.17, 15) is 0 Å². The Bertz CT molecular complexity index is 2350. The van der Waals surface area contributed by atoms with E-state index in [0.29, 0.717) is 0 Å². The molecule has 214 valence electrons. The molecule has 0 N–H and O–H groups in total. The highest BCUT2D eigenvalue weighted by atomic mass is 32.1. The molecule has 1 aliphatic rings. The van der Waals surface area contributed by atoms with E-state index in [2.05, 4.69) is 163 Å². The normalized spacial score (nSPS) is 14.1. The topological polar surface area (TPSA) is 17.3 Å². The SMILES string of the molecule is C1=CC(N(c2ccc(-c3ccc(-c4ccccc4)cc3)cc2)c2ccc3sc4ccccc4c3c2)[N-]c2c1sc1ccccc21. The Balaban J connectivity index is 1.12. The second-order valence-electron chi connectivity index (χ2n) is 11.4. The van der Waals surface area contributed by atoms with Crippen LogP contribution in [-0.2, 0) is 0 Å². The van der Waals surface area contributed by atoms with Crippen LogP contribution in [0.2, 0.25) is 0 Å². The first-order chi connectivity index (χ1) is 22.3. The van der Waals surface area contributed by atoms with Crippen molar-refractivity contribution in [2.75, 3.05) is 4.90 Å². The third-order valence-electron chi connectivity index (χ3n) is 8.65. The lowest BCUT2D eigenvalue weighted by Crippen LogP contribution is -2.29. The number of hydrogen-bond acceptors (Lipinski definition) is 3. The Kier molecular flexibility index (Phi) is 6.29. The molecule has 1 unspecified atom stereocenters. The quantitative estimate of drug-likeness (QED) is 0.189. The van der Waals surface area contributed by atoms with E-state index in [1.807, 2.05) is 22.7 Å². The van der Waals surface area contributed by atoms with Gasteiger partial charge in [0, 0.05) is 41.1 Å². The zero-order valence-electron chi connectivity index (χ0n) is 24.3. The van der Waals surface area contributed by atoms with Gasteiger partial charge in [0.2, 0.25) is 0 Å². The maximum absolute atomic E-state index is 5.39. The van der Waals surface area contributed by atoms with Crippen molar-refractivity contribution in [3.8, 4) is 22.3 Å². The number of rotatable bonds is 5. The number of benzene rings is 6. The van der Waals surface area contributed by atoms with Crippen molar-refractivity contribution in [1.29, 1.82) is 0 Å². The highest BCUT2D eigenvalue weighted by Gasteiger charge is 2.19. The van der Waals surface area contributed by atoms with Gasteiger partial charge in [0.1, 0.15) is 0 Å². The summed E-state index contributed by atoms with van der Waals surface area (Å²) >= 11 is 3.66. The fraction of sp³-hybridized carbons (Fsp3) is 0.0244. The average molecular weight is 612 g/mol. The van der Waals surface area contributed by atoms with Crippen molar-refractivity contribution in [1.82, 2.24) is 0 Å². The van der Waals surface area contributed by atoms with Gasteiger partial charge in [-0.25, -0.2) is 0 Å². The smallest absolute Gasteiger partial charge is 0.0409 e. The molecule has 45 heavy (non-hydrogen) atoms. The molecule has 1 atom stereocenters. The van der Waals surface area contributed by atoms with Crippen LogP contribution in [0.1, 0.15) is 4.88 Å². The second-order valence-corrected chi connectivity index (χ2v) is 13.5. The Hall–Kier alpha value is -5.16. The van der Waals surface area contributed by atoms with Crippen molar-refractivity contribution in [2.45, 2.75) is 6.17 Å². The molecule has 0 amide bonds. The molecule has 0 fully saturated rings. The molecule has 3 heterocycles. The molecule has 2 nitrogen and oxygen atoms in total. The lowest BCUT2D eigenvalue weighted by Gasteiger charge is -2.44. The molecule has 2 aromatic heterocycles. The van der Waals surface area contributed by atoms with E-state index < -0.39 is 0 Å². The van der Waals surface area contributed by atoms with Crippen LogP contribution >= 0.6 is 22.7 Å². The lowest BCUT2D eigenvalue weighted by atomic mass is 10.00. The summed E-state index contributed by atoms with van der Waals surface area (Å²) in [6.45, 7) is 0. The van der Waals surface area contributed by atoms with Crippen LogP contribution < -0.4 is 4.90 Å². The summed E-state index contributed by atoms with van der Waals surface area (Å²) in [6.07, 6.45) is 4.32. The fourth-order valence-corrected chi connectivity index (χ4v) is 8.56. The second kappa shape index (κ2) is 10.8. The molecule has 0 aliphatic carbocycles. The molecule has 9 rings (SSSR count). The van der Waals surface area contributed by atoms with Gasteiger partial charge in [0.15, 0.2) is 0 Å². The summed E-state index contributed by atoms with van der Waals surface area (Å²) in [5.74, 6) is 0. The van der Waals surface area contributed by atoms with Gasteiger partial charge in [0.05, 0.1) is 0 Å². The van der Waals surface area contributed by atoms with Gasteiger partial charge in [-0.2, -0.15) is 0 Å². The van der Waals surface area contributed by atoms with Gasteiger partial charge >= 0.3 is 0 Å². The summed E-state index contributed by atoms with van der Waals surface area (Å²) in [5.41, 5.74) is 8.19. The summed E-state index contributed by atoms with van der Waals surface area (Å²) in [4.78, 5) is 3.60. The van der Waals surface area contributed by atoms with E-state index in [1.54, 1.807) is 0 Å². The van der Waals surface area contributed by atoms with Crippen LogP contribution in [0.4, 0.5) is 17.1 Å². The third-order valence-corrected chi connectivity index (χ3v) is 10.9. The Morgan fingerprint density at radius 3 is 1.76 bits per heavy atom. The fourth-order valence-electron chi connectivity index (χ4n) is 6.41. The lowest BCUT2D eigenvalue weighted by molar-refractivity contribution is 0.919. The Morgan fingerprint density at radius 1 is 0.467 bits per heavy atom. The van der Waals surface area contributed by atoms with E-state index in [4.69, 9.17) is 5.32 Å². The molecule has 1 aliphatic heterocycles. The highest BCUT2D eigenvalue weighted by Crippen LogP contribution is 2.48. The molecular weight excluding hydrogens is 585 g/mol. The standard InChI is InChI=1S/C41H27N2S2/c1-2-8-27(9-3-1)28-14-16-29(17-15-28)30-18-20-31(21-19-30)43(32-22-23-38-35(26-32)33-10-4-6-12-36(33)44-38)40-25-24-39-41(42-40)34-11-5-7-13-37(34)45-39/h1-26,40H/q-1. The first-order valence-corrected chi connectivity index (χ1v) is 16.8. The average Bonchev–Trinajstić information content (AvgIpc) is 3.67. The molecule has 8 aromatic rings.